The molecule has 15 heteroatoms. The standard InChI is InChI=1S/C41H38N8O4.CO2.V/c1-5-37-36-23-25-46(41(51)39(36)48(44-37)32-18-20-34(53-4)21-19-32)29-12-8-28(9-13-29)43-49(52)33-16-14-30(15-17-33)45-24-22-35-27(3)42-47(38(35)40(45)50)31-10-6-26(2)7-11-31;2-1-3;/h6-21H,5,22-25H2,1-4H3;;. The molecular weight excluding hydrogens is 763 g/mol. The molecule has 8 rings (SSSR count). The molecule has 0 atom stereocenters. The number of benzene rings is 4. The number of fused-ring (bicyclic) bond motifs is 2. The van der Waals surface area contributed by atoms with E-state index in [0.29, 0.717) is 64.9 Å². The molecule has 57 heavy (non-hydrogen) atoms. The number of hydrogen-bond donors (Lipinski definition) is 0. The molecule has 2 aromatic heterocycles. The number of anilines is 2. The summed E-state index contributed by atoms with van der Waals surface area (Å²) < 4.78 is 8.77. The fourth-order valence-electron chi connectivity index (χ4n) is 7.14. The van der Waals surface area contributed by atoms with Crippen molar-refractivity contribution in [3.8, 4) is 17.1 Å². The van der Waals surface area contributed by atoms with E-state index in [0.717, 1.165) is 51.6 Å². The Morgan fingerprint density at radius 1 is 0.719 bits per heavy atom. The van der Waals surface area contributed by atoms with E-state index in [1.54, 1.807) is 74.8 Å². The predicted molar refractivity (Wildman–Crippen MR) is 207 cm³/mol. The summed E-state index contributed by atoms with van der Waals surface area (Å²) in [5.74, 6) is 0.453. The number of carbonyl (C=O) groups excluding carboxylic acids is 4. The first kappa shape index (κ1) is 40.1. The first-order chi connectivity index (χ1) is 27.1. The van der Waals surface area contributed by atoms with Gasteiger partial charge in [0.15, 0.2) is 0 Å². The Balaban J connectivity index is 0.00000133. The molecular formula is C42H38N8O6V. The van der Waals surface area contributed by atoms with Crippen molar-refractivity contribution >= 4 is 40.7 Å². The molecule has 0 spiro atoms. The van der Waals surface area contributed by atoms with Crippen molar-refractivity contribution in [3.63, 3.8) is 0 Å². The number of methoxy groups -OCH3 is 1. The number of hydrogen-bond acceptors (Lipinski definition) is 9. The zero-order chi connectivity index (χ0) is 39.5. The van der Waals surface area contributed by atoms with E-state index in [1.807, 2.05) is 69.3 Å². The van der Waals surface area contributed by atoms with Gasteiger partial charge >= 0.3 is 6.15 Å². The van der Waals surface area contributed by atoms with Gasteiger partial charge in [0.2, 0.25) is 5.69 Å². The SMILES string of the molecule is CCc1nn(-c2ccc(OC)cc2)c2c1CCN(c1ccc(N=[N+]([O-])c3ccc(N4CCc5c(C)nn(-c6ccc(C)cc6)c5C4=O)cc3)cc1)C2=O.O=C=O.[V]. The first-order valence-corrected chi connectivity index (χ1v) is 18.1. The van der Waals surface area contributed by atoms with E-state index < -0.39 is 0 Å². The monoisotopic (exact) mass is 801 g/mol. The molecule has 4 heterocycles. The van der Waals surface area contributed by atoms with Crippen molar-refractivity contribution < 1.29 is 47.3 Å². The van der Waals surface area contributed by atoms with Crippen LogP contribution >= 0.6 is 0 Å². The molecule has 6 aromatic rings. The smallest absolute Gasteiger partial charge is 0.373 e. The van der Waals surface area contributed by atoms with Crippen molar-refractivity contribution in [3.05, 3.63) is 142 Å². The van der Waals surface area contributed by atoms with Crippen LogP contribution in [0.2, 0.25) is 0 Å². The molecule has 2 amide bonds. The Bertz CT molecular complexity index is 2490. The van der Waals surface area contributed by atoms with Gasteiger partial charge in [0.1, 0.15) is 22.8 Å². The van der Waals surface area contributed by atoms with E-state index in [9.17, 15) is 14.8 Å². The molecule has 287 valence electrons. The fraction of sp³-hybridized carbons (Fsp3) is 0.214. The van der Waals surface area contributed by atoms with E-state index in [1.165, 1.54) is 0 Å². The molecule has 4 aromatic carbocycles. The maximum atomic E-state index is 14.0. The largest absolute Gasteiger partial charge is 0.594 e. The van der Waals surface area contributed by atoms with Crippen molar-refractivity contribution in [2.75, 3.05) is 30.0 Å². The number of carbonyl (C=O) groups is 2. The average molecular weight is 802 g/mol. The van der Waals surface area contributed by atoms with E-state index in [-0.39, 0.29) is 36.5 Å². The van der Waals surface area contributed by atoms with Crippen LogP contribution in [-0.4, -0.2) is 62.6 Å². The summed E-state index contributed by atoms with van der Waals surface area (Å²) >= 11 is 0. The van der Waals surface area contributed by atoms with E-state index >= 15 is 0 Å². The second-order valence-electron chi connectivity index (χ2n) is 13.3. The van der Waals surface area contributed by atoms with Crippen LogP contribution in [-0.2, 0) is 47.4 Å². The second kappa shape index (κ2) is 17.0. The zero-order valence-corrected chi connectivity index (χ0v) is 33.1. The normalized spacial score (nSPS) is 13.5. The van der Waals surface area contributed by atoms with Crippen molar-refractivity contribution in [1.82, 2.24) is 19.6 Å². The van der Waals surface area contributed by atoms with Crippen LogP contribution in [0.1, 0.15) is 56.0 Å². The summed E-state index contributed by atoms with van der Waals surface area (Å²) in [7, 11) is 1.62. The summed E-state index contributed by atoms with van der Waals surface area (Å²) in [6.45, 7) is 7.02. The van der Waals surface area contributed by atoms with Crippen molar-refractivity contribution in [2.45, 2.75) is 40.0 Å². The molecule has 0 aliphatic carbocycles. The molecule has 0 unspecified atom stereocenters. The van der Waals surface area contributed by atoms with Crippen LogP contribution in [0.25, 0.3) is 11.4 Å². The molecule has 0 bridgehead atoms. The van der Waals surface area contributed by atoms with Crippen molar-refractivity contribution in [2.24, 2.45) is 5.11 Å². The molecule has 2 aliphatic heterocycles. The second-order valence-corrected chi connectivity index (χ2v) is 13.3. The molecule has 0 N–H and O–H groups in total. The molecule has 0 saturated carbocycles. The van der Waals surface area contributed by atoms with E-state index in [4.69, 9.17) is 24.5 Å². The van der Waals surface area contributed by atoms with E-state index in [2.05, 4.69) is 5.11 Å². The zero-order valence-electron chi connectivity index (χ0n) is 31.7. The first-order valence-electron chi connectivity index (χ1n) is 18.1. The average Bonchev–Trinajstić information content (AvgIpc) is 3.77. The maximum Gasteiger partial charge on any atom is 0.373 e. The topological polar surface area (TPSA) is 158 Å². The van der Waals surface area contributed by atoms with Gasteiger partial charge in [0.05, 0.1) is 29.9 Å². The van der Waals surface area contributed by atoms with Gasteiger partial charge in [-0.05, 0) is 106 Å². The summed E-state index contributed by atoms with van der Waals surface area (Å²) in [6, 6.07) is 29.3. The minimum Gasteiger partial charge on any atom is -0.594 e. The van der Waals surface area contributed by atoms with Gasteiger partial charge in [0, 0.05) is 71.4 Å². The molecule has 0 saturated heterocycles. The number of aromatic nitrogens is 4. The van der Waals surface area contributed by atoms with Gasteiger partial charge in [-0.25, -0.2) is 9.36 Å². The third kappa shape index (κ3) is 7.79. The number of amides is 2. The van der Waals surface area contributed by atoms with Gasteiger partial charge in [-0.1, -0.05) is 29.5 Å². The Labute approximate surface area is 340 Å². The quantitative estimate of drug-likeness (QED) is 0.0906. The molecule has 14 nitrogen and oxygen atoms in total. The third-order valence-electron chi connectivity index (χ3n) is 10.00. The van der Waals surface area contributed by atoms with Gasteiger partial charge in [0.25, 0.3) is 11.8 Å². The number of ether oxygens (including phenoxy) is 1. The Kier molecular flexibility index (Phi) is 12.0. The summed E-state index contributed by atoms with van der Waals surface area (Å²) in [6.07, 6.45) is 2.33. The van der Waals surface area contributed by atoms with Gasteiger partial charge in [-0.3, -0.25) is 9.59 Å². The van der Waals surface area contributed by atoms with Crippen LogP contribution < -0.4 is 14.5 Å². The van der Waals surface area contributed by atoms with Crippen LogP contribution in [0.3, 0.4) is 0 Å². The number of azo groups is 1. The third-order valence-corrected chi connectivity index (χ3v) is 10.00. The molecule has 0 fully saturated rings. The summed E-state index contributed by atoms with van der Waals surface area (Å²) in [5, 5.41) is 26.9. The van der Waals surface area contributed by atoms with Crippen molar-refractivity contribution in [1.29, 1.82) is 0 Å². The molecule has 1 radical (unpaired) electrons. The number of rotatable bonds is 8. The number of aryl methyl sites for hydroxylation is 3. The van der Waals surface area contributed by atoms with Crippen LogP contribution in [0.15, 0.2) is 102 Å². The van der Waals surface area contributed by atoms with Crippen LogP contribution in [0.4, 0.5) is 22.7 Å². The Hall–Kier alpha value is -6.60. The Morgan fingerprint density at radius 2 is 1.19 bits per heavy atom. The molecule has 2 aliphatic rings. The summed E-state index contributed by atoms with van der Waals surface area (Å²) in [5.41, 5.74) is 9.71. The number of nitrogens with zero attached hydrogens (tertiary/aromatic N) is 8. The summed E-state index contributed by atoms with van der Waals surface area (Å²) in [4.78, 5) is 48.1. The minimum absolute atomic E-state index is 0. The predicted octanol–water partition coefficient (Wildman–Crippen LogP) is 6.99. The van der Waals surface area contributed by atoms with Gasteiger partial charge in [-0.15, -0.1) is 0 Å². The maximum absolute atomic E-state index is 14.0. The van der Waals surface area contributed by atoms with Crippen LogP contribution in [0.5, 0.6) is 5.75 Å². The fourth-order valence-corrected chi connectivity index (χ4v) is 7.14. The minimum atomic E-state index is -0.136. The van der Waals surface area contributed by atoms with Gasteiger partial charge in [-0.2, -0.15) is 19.8 Å². The Morgan fingerprint density at radius 3 is 1.74 bits per heavy atom. The van der Waals surface area contributed by atoms with Crippen LogP contribution in [0, 0.1) is 19.1 Å². The van der Waals surface area contributed by atoms with Gasteiger partial charge < -0.3 is 19.7 Å².